The molecular formula is C10H17IO. The van der Waals surface area contributed by atoms with Gasteiger partial charge in [-0.15, -0.1) is 0 Å². The van der Waals surface area contributed by atoms with Crippen LogP contribution >= 0.6 is 22.6 Å². The predicted octanol–water partition coefficient (Wildman–Crippen LogP) is 3.21. The van der Waals surface area contributed by atoms with E-state index in [0.29, 0.717) is 15.6 Å². The number of rotatable bonds is 0. The fourth-order valence-corrected chi connectivity index (χ4v) is 2.63. The van der Waals surface area contributed by atoms with Gasteiger partial charge in [0.2, 0.25) is 0 Å². The quantitative estimate of drug-likeness (QED) is 0.492. The standard InChI is InChI=1S/C10H17IO/c1-10(2,3)8-6-7(11)4-5-9(8)12/h7-8H,4-6H2,1-3H3. The van der Waals surface area contributed by atoms with E-state index in [4.69, 9.17) is 0 Å². The summed E-state index contributed by atoms with van der Waals surface area (Å²) < 4.78 is 0.713. The maximum atomic E-state index is 11.6. The lowest BCUT2D eigenvalue weighted by Gasteiger charge is -2.34. The number of alkyl halides is 1. The molecule has 70 valence electrons. The molecule has 1 aliphatic carbocycles. The van der Waals surface area contributed by atoms with Crippen molar-refractivity contribution in [2.75, 3.05) is 0 Å². The minimum Gasteiger partial charge on any atom is -0.299 e. The molecule has 1 rings (SSSR count). The predicted molar refractivity (Wildman–Crippen MR) is 59.6 cm³/mol. The van der Waals surface area contributed by atoms with Crippen LogP contribution < -0.4 is 0 Å². The number of hydrogen-bond acceptors (Lipinski definition) is 1. The molecule has 0 aromatic rings. The summed E-state index contributed by atoms with van der Waals surface area (Å²) >= 11 is 2.47. The van der Waals surface area contributed by atoms with Gasteiger partial charge in [0, 0.05) is 16.3 Å². The van der Waals surface area contributed by atoms with Gasteiger partial charge in [0.05, 0.1) is 0 Å². The van der Waals surface area contributed by atoms with Gasteiger partial charge in [0.15, 0.2) is 0 Å². The first kappa shape index (κ1) is 10.5. The number of ketones is 1. The van der Waals surface area contributed by atoms with E-state index in [1.54, 1.807) is 0 Å². The monoisotopic (exact) mass is 280 g/mol. The number of carbonyl (C=O) groups excluding carboxylic acids is 1. The van der Waals surface area contributed by atoms with Crippen molar-refractivity contribution in [3.8, 4) is 0 Å². The highest BCUT2D eigenvalue weighted by Crippen LogP contribution is 2.37. The van der Waals surface area contributed by atoms with Crippen molar-refractivity contribution in [2.24, 2.45) is 11.3 Å². The van der Waals surface area contributed by atoms with Crippen molar-refractivity contribution >= 4 is 28.4 Å². The largest absolute Gasteiger partial charge is 0.299 e. The van der Waals surface area contributed by atoms with Crippen LogP contribution in [0.15, 0.2) is 0 Å². The van der Waals surface area contributed by atoms with Crippen LogP contribution in [0.4, 0.5) is 0 Å². The maximum Gasteiger partial charge on any atom is 0.136 e. The van der Waals surface area contributed by atoms with Gasteiger partial charge in [-0.1, -0.05) is 43.4 Å². The molecule has 0 aliphatic heterocycles. The van der Waals surface area contributed by atoms with Gasteiger partial charge < -0.3 is 0 Å². The summed E-state index contributed by atoms with van der Waals surface area (Å²) in [4.78, 5) is 11.6. The van der Waals surface area contributed by atoms with Crippen molar-refractivity contribution in [1.82, 2.24) is 0 Å². The summed E-state index contributed by atoms with van der Waals surface area (Å²) in [6.45, 7) is 6.51. The molecule has 0 N–H and O–H groups in total. The summed E-state index contributed by atoms with van der Waals surface area (Å²) in [5, 5.41) is 0. The van der Waals surface area contributed by atoms with E-state index in [1.165, 1.54) is 0 Å². The van der Waals surface area contributed by atoms with E-state index in [9.17, 15) is 4.79 Å². The summed E-state index contributed by atoms with van der Waals surface area (Å²) in [7, 11) is 0. The first-order valence-electron chi connectivity index (χ1n) is 4.58. The fraction of sp³-hybridized carbons (Fsp3) is 0.900. The number of hydrogen-bond donors (Lipinski definition) is 0. The first-order valence-corrected chi connectivity index (χ1v) is 5.82. The Balaban J connectivity index is 2.68. The van der Waals surface area contributed by atoms with Crippen LogP contribution in [-0.4, -0.2) is 9.71 Å². The first-order chi connectivity index (χ1) is 5.41. The molecule has 2 heteroatoms. The third kappa shape index (κ3) is 2.44. The molecule has 0 spiro atoms. The molecule has 2 atom stereocenters. The Hall–Kier alpha value is 0.400. The van der Waals surface area contributed by atoms with Crippen molar-refractivity contribution in [3.05, 3.63) is 0 Å². The Bertz CT molecular complexity index is 181. The molecule has 0 bridgehead atoms. The van der Waals surface area contributed by atoms with E-state index in [1.807, 2.05) is 0 Å². The Kier molecular flexibility index (Phi) is 3.18. The molecule has 1 fully saturated rings. The van der Waals surface area contributed by atoms with Crippen molar-refractivity contribution in [3.63, 3.8) is 0 Å². The average Bonchev–Trinajstić information content (AvgIpc) is 1.92. The summed E-state index contributed by atoms with van der Waals surface area (Å²) in [6.07, 6.45) is 2.98. The lowest BCUT2D eigenvalue weighted by molar-refractivity contribution is -0.127. The molecule has 12 heavy (non-hydrogen) atoms. The van der Waals surface area contributed by atoms with Crippen LogP contribution in [0.25, 0.3) is 0 Å². The highest BCUT2D eigenvalue weighted by Gasteiger charge is 2.35. The molecule has 0 amide bonds. The minimum absolute atomic E-state index is 0.168. The van der Waals surface area contributed by atoms with Crippen LogP contribution in [0.2, 0.25) is 0 Å². The average molecular weight is 280 g/mol. The number of halogens is 1. The highest BCUT2D eigenvalue weighted by atomic mass is 127. The zero-order valence-electron chi connectivity index (χ0n) is 8.06. The van der Waals surface area contributed by atoms with Crippen LogP contribution in [0.5, 0.6) is 0 Å². The molecule has 0 radical (unpaired) electrons. The lowest BCUT2D eigenvalue weighted by atomic mass is 9.72. The zero-order valence-corrected chi connectivity index (χ0v) is 10.2. The molecule has 1 saturated carbocycles. The number of Topliss-reactive ketones (excluding diaryl/α,β-unsaturated/α-hetero) is 1. The van der Waals surface area contributed by atoms with E-state index in [0.717, 1.165) is 19.3 Å². The summed E-state index contributed by atoms with van der Waals surface area (Å²) in [6, 6.07) is 0. The lowest BCUT2D eigenvalue weighted by Crippen LogP contribution is -2.34. The van der Waals surface area contributed by atoms with Crippen molar-refractivity contribution < 1.29 is 4.79 Å². The van der Waals surface area contributed by atoms with Gasteiger partial charge in [-0.05, 0) is 18.3 Å². The van der Waals surface area contributed by atoms with Crippen molar-refractivity contribution in [2.45, 2.75) is 44.0 Å². The van der Waals surface area contributed by atoms with Crippen molar-refractivity contribution in [1.29, 1.82) is 0 Å². The van der Waals surface area contributed by atoms with Crippen LogP contribution in [0.1, 0.15) is 40.0 Å². The molecular weight excluding hydrogens is 263 g/mol. The van der Waals surface area contributed by atoms with Gasteiger partial charge in [0.25, 0.3) is 0 Å². The molecule has 0 aromatic heterocycles. The highest BCUT2D eigenvalue weighted by molar-refractivity contribution is 14.1. The van der Waals surface area contributed by atoms with Gasteiger partial charge in [-0.3, -0.25) is 4.79 Å². The van der Waals surface area contributed by atoms with E-state index >= 15 is 0 Å². The van der Waals surface area contributed by atoms with Crippen LogP contribution in [0.3, 0.4) is 0 Å². The normalized spacial score (nSPS) is 32.2. The SMILES string of the molecule is CC(C)(C)C1CC(I)CCC1=O. The third-order valence-electron chi connectivity index (χ3n) is 2.63. The van der Waals surface area contributed by atoms with Gasteiger partial charge in [-0.25, -0.2) is 0 Å². The zero-order chi connectivity index (χ0) is 9.35. The van der Waals surface area contributed by atoms with Gasteiger partial charge >= 0.3 is 0 Å². The molecule has 1 aliphatic rings. The van der Waals surface area contributed by atoms with E-state index in [2.05, 4.69) is 43.4 Å². The Morgan fingerprint density at radius 2 is 2.00 bits per heavy atom. The molecule has 2 unspecified atom stereocenters. The topological polar surface area (TPSA) is 17.1 Å². The Labute approximate surface area is 88.4 Å². The molecule has 0 saturated heterocycles. The second kappa shape index (κ2) is 3.64. The summed E-state index contributed by atoms with van der Waals surface area (Å²) in [5.74, 6) is 0.781. The van der Waals surface area contributed by atoms with Crippen LogP contribution in [0, 0.1) is 11.3 Å². The minimum atomic E-state index is 0.168. The summed E-state index contributed by atoms with van der Waals surface area (Å²) in [5.41, 5.74) is 0.168. The fourth-order valence-electron chi connectivity index (χ4n) is 1.81. The van der Waals surface area contributed by atoms with Gasteiger partial charge in [0.1, 0.15) is 5.78 Å². The Morgan fingerprint density at radius 1 is 1.42 bits per heavy atom. The van der Waals surface area contributed by atoms with E-state index < -0.39 is 0 Å². The third-order valence-corrected chi connectivity index (χ3v) is 3.76. The Morgan fingerprint density at radius 3 is 2.42 bits per heavy atom. The number of carbonyl (C=O) groups is 1. The molecule has 0 heterocycles. The maximum absolute atomic E-state index is 11.6. The van der Waals surface area contributed by atoms with E-state index in [-0.39, 0.29) is 5.41 Å². The molecule has 0 aromatic carbocycles. The smallest absolute Gasteiger partial charge is 0.136 e. The second-order valence-electron chi connectivity index (χ2n) is 4.76. The van der Waals surface area contributed by atoms with Crippen LogP contribution in [-0.2, 0) is 4.79 Å². The molecule has 1 nitrogen and oxygen atoms in total. The van der Waals surface area contributed by atoms with Gasteiger partial charge in [-0.2, -0.15) is 0 Å². The second-order valence-corrected chi connectivity index (χ2v) is 6.52.